The lowest BCUT2D eigenvalue weighted by Gasteiger charge is -2.08. The number of nitrogens with one attached hydrogen (secondary N) is 1. The van der Waals surface area contributed by atoms with Crippen LogP contribution in [-0.4, -0.2) is 24.2 Å². The average molecular weight is 256 g/mol. The Balaban J connectivity index is 3.84. The van der Waals surface area contributed by atoms with Crippen molar-refractivity contribution in [2.75, 3.05) is 12.3 Å². The minimum absolute atomic E-state index is 0.145. The van der Waals surface area contributed by atoms with Crippen LogP contribution in [0.5, 0.6) is 0 Å². The first kappa shape index (κ1) is 16.3. The van der Waals surface area contributed by atoms with E-state index in [1.165, 1.54) is 11.1 Å². The van der Waals surface area contributed by atoms with Crippen molar-refractivity contribution in [1.82, 2.24) is 5.32 Å². The smallest absolute Gasteiger partial charge is 0.238 e. The molecule has 1 atom stereocenters. The molecule has 0 fully saturated rings. The van der Waals surface area contributed by atoms with Gasteiger partial charge in [-0.15, -0.1) is 0 Å². The van der Waals surface area contributed by atoms with Crippen molar-refractivity contribution in [1.29, 1.82) is 0 Å². The third-order valence-corrected chi connectivity index (χ3v) is 2.74. The zero-order chi connectivity index (χ0) is 13.3. The van der Waals surface area contributed by atoms with Crippen LogP contribution in [0.25, 0.3) is 0 Å². The van der Waals surface area contributed by atoms with Gasteiger partial charge in [-0.1, -0.05) is 23.3 Å². The summed E-state index contributed by atoms with van der Waals surface area (Å²) in [6.07, 6.45) is 6.32. The van der Waals surface area contributed by atoms with Gasteiger partial charge in [-0.3, -0.25) is 4.79 Å². The topological polar surface area (TPSA) is 55.1 Å². The van der Waals surface area contributed by atoms with E-state index in [-0.39, 0.29) is 5.91 Å². The highest BCUT2D eigenvalue weighted by atomic mass is 32.1. The van der Waals surface area contributed by atoms with Crippen LogP contribution in [0, 0.1) is 0 Å². The predicted octanol–water partition coefficient (Wildman–Crippen LogP) is 2.05. The molecule has 98 valence electrons. The standard InChI is InChI=1S/C13H24N2OS/c1-10(2)5-4-6-11(3)7-8-15-13(16)12(14)9-17/h5,7,12,17H,4,6,8-9,14H2,1-3H3,(H,15,16). The highest BCUT2D eigenvalue weighted by Crippen LogP contribution is 2.05. The summed E-state index contributed by atoms with van der Waals surface area (Å²) in [5.41, 5.74) is 8.15. The Kier molecular flexibility index (Phi) is 8.90. The molecule has 0 aromatic heterocycles. The Labute approximate surface area is 110 Å². The Bertz CT molecular complexity index is 294. The quantitative estimate of drug-likeness (QED) is 0.482. The molecule has 0 saturated carbocycles. The lowest BCUT2D eigenvalue weighted by molar-refractivity contribution is -0.121. The molecule has 0 spiro atoms. The highest BCUT2D eigenvalue weighted by molar-refractivity contribution is 7.80. The summed E-state index contributed by atoms with van der Waals surface area (Å²) in [7, 11) is 0. The minimum Gasteiger partial charge on any atom is -0.351 e. The van der Waals surface area contributed by atoms with E-state index in [4.69, 9.17) is 5.73 Å². The molecule has 0 aromatic carbocycles. The largest absolute Gasteiger partial charge is 0.351 e. The van der Waals surface area contributed by atoms with Crippen LogP contribution in [0.4, 0.5) is 0 Å². The summed E-state index contributed by atoms with van der Waals surface area (Å²) < 4.78 is 0. The Morgan fingerprint density at radius 2 is 2.00 bits per heavy atom. The molecule has 1 amide bonds. The fourth-order valence-electron chi connectivity index (χ4n) is 1.23. The van der Waals surface area contributed by atoms with Crippen molar-refractivity contribution in [3.05, 3.63) is 23.3 Å². The zero-order valence-electron chi connectivity index (χ0n) is 11.0. The molecule has 0 bridgehead atoms. The maximum absolute atomic E-state index is 11.3. The summed E-state index contributed by atoms with van der Waals surface area (Å²) in [5.74, 6) is 0.225. The number of rotatable bonds is 7. The number of allylic oxidation sites excluding steroid dienone is 3. The molecule has 0 aliphatic rings. The monoisotopic (exact) mass is 256 g/mol. The van der Waals surface area contributed by atoms with Crippen LogP contribution >= 0.6 is 12.6 Å². The van der Waals surface area contributed by atoms with E-state index in [1.54, 1.807) is 0 Å². The summed E-state index contributed by atoms with van der Waals surface area (Å²) in [4.78, 5) is 11.3. The van der Waals surface area contributed by atoms with Crippen molar-refractivity contribution in [3.63, 3.8) is 0 Å². The Morgan fingerprint density at radius 1 is 1.35 bits per heavy atom. The van der Waals surface area contributed by atoms with Crippen LogP contribution in [0.15, 0.2) is 23.3 Å². The number of nitrogens with two attached hydrogens (primary N) is 1. The Hall–Kier alpha value is -0.740. The van der Waals surface area contributed by atoms with Crippen LogP contribution in [0.3, 0.4) is 0 Å². The lowest BCUT2D eigenvalue weighted by Crippen LogP contribution is -2.41. The number of hydrogen-bond donors (Lipinski definition) is 3. The second kappa shape index (κ2) is 9.31. The molecule has 0 aliphatic heterocycles. The number of amides is 1. The van der Waals surface area contributed by atoms with Gasteiger partial charge in [0.05, 0.1) is 6.04 Å². The van der Waals surface area contributed by atoms with Gasteiger partial charge < -0.3 is 11.1 Å². The second-order valence-electron chi connectivity index (χ2n) is 4.40. The summed E-state index contributed by atoms with van der Waals surface area (Å²) >= 11 is 3.98. The summed E-state index contributed by atoms with van der Waals surface area (Å²) in [6, 6.07) is -0.516. The third-order valence-electron chi connectivity index (χ3n) is 2.35. The first-order valence-corrected chi connectivity index (χ1v) is 6.53. The number of thiol groups is 1. The Morgan fingerprint density at radius 3 is 2.53 bits per heavy atom. The predicted molar refractivity (Wildman–Crippen MR) is 77.3 cm³/mol. The van der Waals surface area contributed by atoms with E-state index in [1.807, 2.05) is 6.08 Å². The SMILES string of the molecule is CC(C)=CCCC(C)=CCNC(=O)C(N)CS. The van der Waals surface area contributed by atoms with Gasteiger partial charge in [-0.2, -0.15) is 12.6 Å². The van der Waals surface area contributed by atoms with E-state index < -0.39 is 6.04 Å². The number of carbonyl (C=O) groups excluding carboxylic acids is 1. The van der Waals surface area contributed by atoms with E-state index in [9.17, 15) is 4.79 Å². The molecular formula is C13H24N2OS. The van der Waals surface area contributed by atoms with Gasteiger partial charge in [0.1, 0.15) is 0 Å². The minimum atomic E-state index is -0.516. The number of carbonyl (C=O) groups is 1. The lowest BCUT2D eigenvalue weighted by atomic mass is 10.1. The van der Waals surface area contributed by atoms with Gasteiger partial charge >= 0.3 is 0 Å². The van der Waals surface area contributed by atoms with Gasteiger partial charge in [0.25, 0.3) is 0 Å². The van der Waals surface area contributed by atoms with Crippen molar-refractivity contribution in [2.45, 2.75) is 39.7 Å². The van der Waals surface area contributed by atoms with E-state index in [2.05, 4.69) is 44.8 Å². The molecule has 0 heterocycles. The average Bonchev–Trinajstić information content (AvgIpc) is 2.27. The van der Waals surface area contributed by atoms with Crippen molar-refractivity contribution in [3.8, 4) is 0 Å². The molecule has 0 aliphatic carbocycles. The molecule has 3 N–H and O–H groups in total. The summed E-state index contributed by atoms with van der Waals surface area (Å²) in [5, 5.41) is 2.76. The zero-order valence-corrected chi connectivity index (χ0v) is 11.9. The van der Waals surface area contributed by atoms with Gasteiger partial charge in [0.15, 0.2) is 0 Å². The molecule has 1 unspecified atom stereocenters. The normalized spacial score (nSPS) is 13.1. The maximum atomic E-state index is 11.3. The van der Waals surface area contributed by atoms with Crippen molar-refractivity contribution < 1.29 is 4.79 Å². The fourth-order valence-corrected chi connectivity index (χ4v) is 1.40. The van der Waals surface area contributed by atoms with Gasteiger partial charge in [0, 0.05) is 12.3 Å². The fraction of sp³-hybridized carbons (Fsp3) is 0.615. The van der Waals surface area contributed by atoms with Crippen molar-refractivity contribution in [2.24, 2.45) is 5.73 Å². The maximum Gasteiger partial charge on any atom is 0.238 e. The second-order valence-corrected chi connectivity index (χ2v) is 4.77. The van der Waals surface area contributed by atoms with Gasteiger partial charge in [-0.05, 0) is 33.6 Å². The third kappa shape index (κ3) is 9.01. The van der Waals surface area contributed by atoms with Crippen LogP contribution < -0.4 is 11.1 Å². The van der Waals surface area contributed by atoms with E-state index >= 15 is 0 Å². The molecule has 0 rings (SSSR count). The van der Waals surface area contributed by atoms with Gasteiger partial charge in [0.2, 0.25) is 5.91 Å². The molecule has 0 aromatic rings. The van der Waals surface area contributed by atoms with Crippen LogP contribution in [0.2, 0.25) is 0 Å². The van der Waals surface area contributed by atoms with Crippen molar-refractivity contribution >= 4 is 18.5 Å². The first-order chi connectivity index (χ1) is 7.97. The van der Waals surface area contributed by atoms with E-state index in [0.29, 0.717) is 12.3 Å². The molecule has 3 nitrogen and oxygen atoms in total. The van der Waals surface area contributed by atoms with E-state index in [0.717, 1.165) is 12.8 Å². The first-order valence-electron chi connectivity index (χ1n) is 5.90. The molecule has 0 saturated heterocycles. The molecular weight excluding hydrogens is 232 g/mol. The molecule has 0 radical (unpaired) electrons. The molecule has 4 heteroatoms. The van der Waals surface area contributed by atoms with Gasteiger partial charge in [-0.25, -0.2) is 0 Å². The highest BCUT2D eigenvalue weighted by Gasteiger charge is 2.08. The summed E-state index contributed by atoms with van der Waals surface area (Å²) in [6.45, 7) is 6.81. The van der Waals surface area contributed by atoms with Crippen LogP contribution in [0.1, 0.15) is 33.6 Å². The number of hydrogen-bond acceptors (Lipinski definition) is 3. The van der Waals surface area contributed by atoms with Crippen LogP contribution in [-0.2, 0) is 4.79 Å². The molecule has 17 heavy (non-hydrogen) atoms.